The number of nitrogens with one attached hydrogen (secondary N) is 1. The molecular weight excluding hydrogens is 418 g/mol. The number of hydrogen-bond acceptors (Lipinski definition) is 3. The second-order valence-corrected chi connectivity index (χ2v) is 6.89. The summed E-state index contributed by atoms with van der Waals surface area (Å²) < 4.78 is 7.75. The van der Waals surface area contributed by atoms with Crippen molar-refractivity contribution in [2.45, 2.75) is 6.42 Å². The fraction of sp³-hybridized carbons (Fsp3) is 0.158. The molecule has 0 fully saturated rings. The predicted molar refractivity (Wildman–Crippen MR) is 105 cm³/mol. The fourth-order valence-corrected chi connectivity index (χ4v) is 3.17. The Balaban J connectivity index is 1.57. The van der Waals surface area contributed by atoms with Crippen molar-refractivity contribution in [1.82, 2.24) is 15.1 Å². The van der Waals surface area contributed by atoms with Gasteiger partial charge in [-0.15, -0.1) is 0 Å². The molecule has 0 aliphatic heterocycles. The van der Waals surface area contributed by atoms with E-state index < -0.39 is 0 Å². The van der Waals surface area contributed by atoms with E-state index in [0.29, 0.717) is 23.7 Å². The Labute approximate surface area is 165 Å². The molecule has 1 aromatic heterocycles. The zero-order valence-electron chi connectivity index (χ0n) is 14.1. The van der Waals surface area contributed by atoms with Crippen LogP contribution in [-0.2, 0) is 6.42 Å². The highest BCUT2D eigenvalue weighted by Gasteiger charge is 2.10. The second kappa shape index (κ2) is 8.38. The average molecular weight is 435 g/mol. The molecule has 0 radical (unpaired) electrons. The van der Waals surface area contributed by atoms with E-state index in [1.54, 1.807) is 36.2 Å². The standard InChI is InChI=1S/C19H17BrClN3O2/c1-26-18-7-2-13(12-16(18)20)8-10-22-19(25)17-9-11-24(23-17)15-5-3-14(21)4-6-15/h2-7,9,11-12H,8,10H2,1H3,(H,22,25). The molecule has 2 aromatic carbocycles. The summed E-state index contributed by atoms with van der Waals surface area (Å²) in [5, 5.41) is 7.85. The zero-order chi connectivity index (χ0) is 18.5. The lowest BCUT2D eigenvalue weighted by molar-refractivity contribution is 0.0948. The van der Waals surface area contributed by atoms with E-state index in [0.717, 1.165) is 21.5 Å². The van der Waals surface area contributed by atoms with E-state index in [1.165, 1.54) is 0 Å². The van der Waals surface area contributed by atoms with Gasteiger partial charge in [0.15, 0.2) is 5.69 Å². The molecule has 5 nitrogen and oxygen atoms in total. The molecule has 0 saturated heterocycles. The molecule has 1 N–H and O–H groups in total. The zero-order valence-corrected chi connectivity index (χ0v) is 16.4. The van der Waals surface area contributed by atoms with Crippen LogP contribution in [0.4, 0.5) is 0 Å². The first-order valence-electron chi connectivity index (χ1n) is 7.99. The van der Waals surface area contributed by atoms with E-state index in [2.05, 4.69) is 26.3 Å². The monoisotopic (exact) mass is 433 g/mol. The van der Waals surface area contributed by atoms with Crippen molar-refractivity contribution in [3.05, 3.63) is 75.5 Å². The quantitative estimate of drug-likeness (QED) is 0.630. The van der Waals surface area contributed by atoms with Crippen LogP contribution >= 0.6 is 27.5 Å². The Hall–Kier alpha value is -2.31. The number of hydrogen-bond donors (Lipinski definition) is 1. The number of aromatic nitrogens is 2. The predicted octanol–water partition coefficient (Wildman–Crippen LogP) is 4.27. The molecule has 7 heteroatoms. The Morgan fingerprint density at radius 2 is 2.00 bits per heavy atom. The molecule has 0 aliphatic carbocycles. The molecule has 0 spiro atoms. The molecule has 3 rings (SSSR count). The van der Waals surface area contributed by atoms with Gasteiger partial charge in [0.25, 0.3) is 5.91 Å². The summed E-state index contributed by atoms with van der Waals surface area (Å²) in [5.74, 6) is 0.579. The van der Waals surface area contributed by atoms with Gasteiger partial charge in [0.05, 0.1) is 17.3 Å². The molecule has 0 atom stereocenters. The summed E-state index contributed by atoms with van der Waals surface area (Å²) in [6.45, 7) is 0.519. The van der Waals surface area contributed by atoms with E-state index in [9.17, 15) is 4.79 Å². The lowest BCUT2D eigenvalue weighted by Gasteiger charge is -2.07. The SMILES string of the molecule is COc1ccc(CCNC(=O)c2ccn(-c3ccc(Cl)cc3)n2)cc1Br. The molecule has 0 unspecified atom stereocenters. The van der Waals surface area contributed by atoms with Gasteiger partial charge in [-0.2, -0.15) is 5.10 Å². The Bertz CT molecular complexity index is 909. The van der Waals surface area contributed by atoms with Gasteiger partial charge < -0.3 is 10.1 Å². The van der Waals surface area contributed by atoms with Crippen LogP contribution < -0.4 is 10.1 Å². The summed E-state index contributed by atoms with van der Waals surface area (Å²) in [6, 6.07) is 14.8. The first kappa shape index (κ1) is 18.5. The first-order valence-corrected chi connectivity index (χ1v) is 9.16. The van der Waals surface area contributed by atoms with Crippen LogP contribution in [0.2, 0.25) is 5.02 Å². The lowest BCUT2D eigenvalue weighted by atomic mass is 10.1. The van der Waals surface area contributed by atoms with Gasteiger partial charge in [0, 0.05) is 17.8 Å². The van der Waals surface area contributed by atoms with Gasteiger partial charge in [0.2, 0.25) is 0 Å². The number of halogens is 2. The molecule has 134 valence electrons. The third kappa shape index (κ3) is 4.45. The van der Waals surface area contributed by atoms with Crippen molar-refractivity contribution in [2.24, 2.45) is 0 Å². The minimum Gasteiger partial charge on any atom is -0.496 e. The Kier molecular flexibility index (Phi) is 5.96. The molecule has 0 aliphatic rings. The van der Waals surface area contributed by atoms with E-state index >= 15 is 0 Å². The summed E-state index contributed by atoms with van der Waals surface area (Å²) >= 11 is 9.35. The third-order valence-electron chi connectivity index (χ3n) is 3.83. The van der Waals surface area contributed by atoms with Gasteiger partial charge in [0.1, 0.15) is 5.75 Å². The van der Waals surface area contributed by atoms with Crippen LogP contribution in [0.15, 0.2) is 59.2 Å². The number of rotatable bonds is 6. The average Bonchev–Trinajstić information content (AvgIpc) is 3.12. The number of ether oxygens (including phenoxy) is 1. The van der Waals surface area contributed by atoms with Gasteiger partial charge >= 0.3 is 0 Å². The van der Waals surface area contributed by atoms with Crippen LogP contribution in [0.5, 0.6) is 5.75 Å². The van der Waals surface area contributed by atoms with E-state index in [4.69, 9.17) is 16.3 Å². The summed E-state index contributed by atoms with van der Waals surface area (Å²) in [7, 11) is 1.63. The van der Waals surface area contributed by atoms with Crippen molar-refractivity contribution in [1.29, 1.82) is 0 Å². The summed E-state index contributed by atoms with van der Waals surface area (Å²) in [6.07, 6.45) is 2.46. The number of benzene rings is 2. The number of amides is 1. The minimum atomic E-state index is -0.203. The first-order chi connectivity index (χ1) is 12.6. The van der Waals surface area contributed by atoms with E-state index in [1.807, 2.05) is 30.3 Å². The van der Waals surface area contributed by atoms with Crippen molar-refractivity contribution in [3.8, 4) is 11.4 Å². The van der Waals surface area contributed by atoms with Crippen molar-refractivity contribution < 1.29 is 9.53 Å². The molecular formula is C19H17BrClN3O2. The van der Waals surface area contributed by atoms with Gasteiger partial charge in [-0.05, 0) is 70.4 Å². The van der Waals surface area contributed by atoms with Crippen molar-refractivity contribution in [2.75, 3.05) is 13.7 Å². The summed E-state index contributed by atoms with van der Waals surface area (Å²) in [4.78, 5) is 12.3. The van der Waals surface area contributed by atoms with Crippen LogP contribution in [0.3, 0.4) is 0 Å². The summed E-state index contributed by atoms with van der Waals surface area (Å²) in [5.41, 5.74) is 2.32. The van der Waals surface area contributed by atoms with Gasteiger partial charge in [-0.3, -0.25) is 4.79 Å². The van der Waals surface area contributed by atoms with Crippen LogP contribution in [0.1, 0.15) is 16.1 Å². The lowest BCUT2D eigenvalue weighted by Crippen LogP contribution is -2.26. The molecule has 1 heterocycles. The second-order valence-electron chi connectivity index (χ2n) is 5.60. The highest BCUT2D eigenvalue weighted by molar-refractivity contribution is 9.10. The number of nitrogens with zero attached hydrogens (tertiary/aromatic N) is 2. The largest absolute Gasteiger partial charge is 0.496 e. The Morgan fingerprint density at radius 1 is 1.23 bits per heavy atom. The maximum atomic E-state index is 12.3. The van der Waals surface area contributed by atoms with E-state index in [-0.39, 0.29) is 5.91 Å². The number of carbonyl (C=O) groups is 1. The van der Waals surface area contributed by atoms with Crippen molar-refractivity contribution in [3.63, 3.8) is 0 Å². The van der Waals surface area contributed by atoms with Gasteiger partial charge in [-0.1, -0.05) is 17.7 Å². The molecule has 1 amide bonds. The minimum absolute atomic E-state index is 0.203. The molecule has 26 heavy (non-hydrogen) atoms. The smallest absolute Gasteiger partial charge is 0.271 e. The van der Waals surface area contributed by atoms with Gasteiger partial charge in [-0.25, -0.2) is 4.68 Å². The highest BCUT2D eigenvalue weighted by atomic mass is 79.9. The normalized spacial score (nSPS) is 10.6. The van der Waals surface area contributed by atoms with Crippen LogP contribution in [-0.4, -0.2) is 29.3 Å². The maximum absolute atomic E-state index is 12.3. The topological polar surface area (TPSA) is 56.1 Å². The third-order valence-corrected chi connectivity index (χ3v) is 4.70. The highest BCUT2D eigenvalue weighted by Crippen LogP contribution is 2.25. The molecule has 0 bridgehead atoms. The molecule has 3 aromatic rings. The van der Waals surface area contributed by atoms with Crippen LogP contribution in [0.25, 0.3) is 5.69 Å². The van der Waals surface area contributed by atoms with Crippen molar-refractivity contribution >= 4 is 33.4 Å². The number of carbonyl (C=O) groups excluding carboxylic acids is 1. The molecule has 0 saturated carbocycles. The van der Waals surface area contributed by atoms with Crippen LogP contribution in [0, 0.1) is 0 Å². The fourth-order valence-electron chi connectivity index (χ4n) is 2.46. The Morgan fingerprint density at radius 3 is 2.69 bits per heavy atom. The number of methoxy groups -OCH3 is 1. The maximum Gasteiger partial charge on any atom is 0.271 e.